The number of piperazine rings is 1. The summed E-state index contributed by atoms with van der Waals surface area (Å²) >= 11 is 1.67. The van der Waals surface area contributed by atoms with Gasteiger partial charge in [0.1, 0.15) is 0 Å². The molecule has 0 radical (unpaired) electrons. The first-order chi connectivity index (χ1) is 9.36. The second-order valence-electron chi connectivity index (χ2n) is 4.59. The van der Waals surface area contributed by atoms with Gasteiger partial charge in [-0.3, -0.25) is 4.90 Å². The summed E-state index contributed by atoms with van der Waals surface area (Å²) in [5.74, 6) is -0.362. The Kier molecular flexibility index (Phi) is 3.87. The molecule has 100 valence electrons. The fraction of sp³-hybridized carbons (Fsp3) is 0.357. The minimum absolute atomic E-state index is 0.0178. The van der Waals surface area contributed by atoms with E-state index in [1.165, 1.54) is 11.1 Å². The van der Waals surface area contributed by atoms with Crippen LogP contribution in [0.5, 0.6) is 0 Å². The largest absolute Gasteiger partial charge is 0.314 e. The fourth-order valence-corrected chi connectivity index (χ4v) is 3.40. The lowest BCUT2D eigenvalue weighted by Crippen LogP contribution is -2.45. The van der Waals surface area contributed by atoms with Crippen molar-refractivity contribution in [2.45, 2.75) is 6.04 Å². The molecule has 3 heterocycles. The van der Waals surface area contributed by atoms with Crippen molar-refractivity contribution in [3.8, 4) is 0 Å². The summed E-state index contributed by atoms with van der Waals surface area (Å²) in [4.78, 5) is 7.30. The number of pyridine rings is 1. The maximum atomic E-state index is 14.0. The molecule has 0 amide bonds. The van der Waals surface area contributed by atoms with Crippen LogP contribution in [0.15, 0.2) is 35.8 Å². The van der Waals surface area contributed by atoms with Crippen molar-refractivity contribution >= 4 is 11.3 Å². The van der Waals surface area contributed by atoms with Crippen LogP contribution in [0.3, 0.4) is 0 Å². The van der Waals surface area contributed by atoms with Gasteiger partial charge in [0.05, 0.1) is 6.04 Å². The second kappa shape index (κ2) is 5.77. The van der Waals surface area contributed by atoms with Gasteiger partial charge in [-0.05, 0) is 17.5 Å². The topological polar surface area (TPSA) is 28.2 Å². The third kappa shape index (κ3) is 2.68. The van der Waals surface area contributed by atoms with Crippen LogP contribution in [0.4, 0.5) is 4.39 Å². The Morgan fingerprint density at radius 3 is 2.79 bits per heavy atom. The highest BCUT2D eigenvalue weighted by atomic mass is 32.1. The maximum absolute atomic E-state index is 14.0. The van der Waals surface area contributed by atoms with Crippen LogP contribution in [0.2, 0.25) is 0 Å². The first-order valence-corrected chi connectivity index (χ1v) is 7.33. The molecular weight excluding hydrogens is 261 g/mol. The molecule has 1 N–H and O–H groups in total. The number of halogens is 1. The lowest BCUT2D eigenvalue weighted by molar-refractivity contribution is 0.197. The Hall–Kier alpha value is -1.30. The Balaban J connectivity index is 1.99. The van der Waals surface area contributed by atoms with Gasteiger partial charge in [0, 0.05) is 42.8 Å². The average molecular weight is 277 g/mol. The summed E-state index contributed by atoms with van der Waals surface area (Å²) < 4.78 is 14.0. The van der Waals surface area contributed by atoms with Crippen LogP contribution in [0.1, 0.15) is 16.5 Å². The van der Waals surface area contributed by atoms with E-state index in [0.29, 0.717) is 5.56 Å². The summed E-state index contributed by atoms with van der Waals surface area (Å²) in [7, 11) is 0. The van der Waals surface area contributed by atoms with Crippen molar-refractivity contribution in [1.82, 2.24) is 15.2 Å². The van der Waals surface area contributed by atoms with Crippen LogP contribution >= 0.6 is 11.3 Å². The van der Waals surface area contributed by atoms with E-state index in [0.717, 1.165) is 26.2 Å². The number of thiophene rings is 1. The van der Waals surface area contributed by atoms with Gasteiger partial charge >= 0.3 is 0 Å². The molecule has 1 saturated heterocycles. The first kappa shape index (κ1) is 12.7. The van der Waals surface area contributed by atoms with Gasteiger partial charge < -0.3 is 5.32 Å². The van der Waals surface area contributed by atoms with E-state index in [-0.39, 0.29) is 12.0 Å². The SMILES string of the molecule is Fc1ncccc1[C@H](c1cccs1)N1CCNCC1. The van der Waals surface area contributed by atoms with E-state index in [1.807, 2.05) is 17.5 Å². The van der Waals surface area contributed by atoms with Gasteiger partial charge in [-0.15, -0.1) is 11.3 Å². The quantitative estimate of drug-likeness (QED) is 0.872. The maximum Gasteiger partial charge on any atom is 0.217 e. The van der Waals surface area contributed by atoms with Crippen molar-refractivity contribution in [2.75, 3.05) is 26.2 Å². The lowest BCUT2D eigenvalue weighted by atomic mass is 10.0. The van der Waals surface area contributed by atoms with E-state index in [2.05, 4.69) is 21.3 Å². The number of nitrogens with one attached hydrogen (secondary N) is 1. The molecule has 2 aromatic rings. The third-order valence-corrected chi connectivity index (χ3v) is 4.34. The molecular formula is C14H16FN3S. The zero-order valence-electron chi connectivity index (χ0n) is 10.6. The van der Waals surface area contributed by atoms with Crippen LogP contribution in [-0.2, 0) is 0 Å². The van der Waals surface area contributed by atoms with Gasteiger partial charge in [0.25, 0.3) is 0 Å². The van der Waals surface area contributed by atoms with Crippen LogP contribution < -0.4 is 5.32 Å². The standard InChI is InChI=1S/C14H16FN3S/c15-14-11(3-1-5-17-14)13(12-4-2-10-19-12)18-8-6-16-7-9-18/h1-5,10,13,16H,6-9H2/t13-/m1/s1. The summed E-state index contributed by atoms with van der Waals surface area (Å²) in [5, 5.41) is 5.37. The van der Waals surface area contributed by atoms with Gasteiger partial charge in [-0.25, -0.2) is 4.98 Å². The number of hydrogen-bond donors (Lipinski definition) is 1. The van der Waals surface area contributed by atoms with Crippen molar-refractivity contribution in [2.24, 2.45) is 0 Å². The van der Waals surface area contributed by atoms with E-state index >= 15 is 0 Å². The monoisotopic (exact) mass is 277 g/mol. The van der Waals surface area contributed by atoms with Gasteiger partial charge in [0.15, 0.2) is 0 Å². The molecule has 0 aromatic carbocycles. The van der Waals surface area contributed by atoms with E-state index < -0.39 is 0 Å². The third-order valence-electron chi connectivity index (χ3n) is 3.41. The van der Waals surface area contributed by atoms with E-state index in [1.54, 1.807) is 17.4 Å². The molecule has 1 aliphatic heterocycles. The number of rotatable bonds is 3. The Bertz CT molecular complexity index is 523. The lowest BCUT2D eigenvalue weighted by Gasteiger charge is -2.34. The van der Waals surface area contributed by atoms with E-state index in [4.69, 9.17) is 0 Å². The normalized spacial score (nSPS) is 18.4. The van der Waals surface area contributed by atoms with Gasteiger partial charge in [-0.2, -0.15) is 4.39 Å². The smallest absolute Gasteiger partial charge is 0.217 e. The minimum atomic E-state index is -0.362. The highest BCUT2D eigenvalue weighted by molar-refractivity contribution is 7.10. The zero-order valence-corrected chi connectivity index (χ0v) is 11.4. The first-order valence-electron chi connectivity index (χ1n) is 6.45. The molecule has 1 fully saturated rings. The zero-order chi connectivity index (χ0) is 13.1. The molecule has 3 nitrogen and oxygen atoms in total. The number of nitrogens with zero attached hydrogens (tertiary/aromatic N) is 2. The summed E-state index contributed by atoms with van der Waals surface area (Å²) in [6.07, 6.45) is 1.50. The predicted octanol–water partition coefficient (Wildman–Crippen LogP) is 2.28. The molecule has 1 atom stereocenters. The Labute approximate surface area is 116 Å². The van der Waals surface area contributed by atoms with Gasteiger partial charge in [-0.1, -0.05) is 12.1 Å². The molecule has 5 heteroatoms. The molecule has 1 aliphatic rings. The van der Waals surface area contributed by atoms with Crippen molar-refractivity contribution in [1.29, 1.82) is 0 Å². The van der Waals surface area contributed by atoms with Crippen molar-refractivity contribution in [3.63, 3.8) is 0 Å². The molecule has 0 bridgehead atoms. The van der Waals surface area contributed by atoms with Gasteiger partial charge in [0.2, 0.25) is 5.95 Å². The highest BCUT2D eigenvalue weighted by Crippen LogP contribution is 2.32. The fourth-order valence-electron chi connectivity index (χ4n) is 2.52. The van der Waals surface area contributed by atoms with Crippen LogP contribution in [0, 0.1) is 5.95 Å². The number of hydrogen-bond acceptors (Lipinski definition) is 4. The molecule has 19 heavy (non-hydrogen) atoms. The van der Waals surface area contributed by atoms with E-state index in [9.17, 15) is 4.39 Å². The van der Waals surface area contributed by atoms with Crippen molar-refractivity contribution in [3.05, 3.63) is 52.2 Å². The summed E-state index contributed by atoms with van der Waals surface area (Å²) in [6, 6.07) is 7.72. The number of aromatic nitrogens is 1. The Morgan fingerprint density at radius 2 is 2.11 bits per heavy atom. The van der Waals surface area contributed by atoms with Crippen LogP contribution in [0.25, 0.3) is 0 Å². The molecule has 3 rings (SSSR count). The molecule has 0 unspecified atom stereocenters. The Morgan fingerprint density at radius 1 is 1.26 bits per heavy atom. The molecule has 2 aromatic heterocycles. The molecule has 0 spiro atoms. The average Bonchev–Trinajstić information content (AvgIpc) is 2.96. The molecule has 0 saturated carbocycles. The highest BCUT2D eigenvalue weighted by Gasteiger charge is 2.27. The minimum Gasteiger partial charge on any atom is -0.314 e. The predicted molar refractivity (Wildman–Crippen MR) is 74.8 cm³/mol. The summed E-state index contributed by atoms with van der Waals surface area (Å²) in [5.41, 5.74) is 0.673. The van der Waals surface area contributed by atoms with Crippen molar-refractivity contribution < 1.29 is 4.39 Å². The second-order valence-corrected chi connectivity index (χ2v) is 5.57. The molecule has 0 aliphatic carbocycles. The summed E-state index contributed by atoms with van der Waals surface area (Å²) in [6.45, 7) is 3.75. The van der Waals surface area contributed by atoms with Crippen LogP contribution in [-0.4, -0.2) is 36.1 Å².